The molecule has 0 saturated heterocycles. The standard InChI is InChI=1S/C12H12FNO/c1-9-11(8-15)10-4-2-3-5-12(10)14(9)7-6-13/h2-5,8H,6-7H2,1H3. The van der Waals surface area contributed by atoms with Gasteiger partial charge in [-0.3, -0.25) is 4.79 Å². The average Bonchev–Trinajstić information content (AvgIpc) is 2.53. The zero-order valence-corrected chi connectivity index (χ0v) is 8.53. The van der Waals surface area contributed by atoms with E-state index in [0.29, 0.717) is 12.1 Å². The molecule has 15 heavy (non-hydrogen) atoms. The molecule has 1 aromatic carbocycles. The molecule has 0 unspecified atom stereocenters. The lowest BCUT2D eigenvalue weighted by Crippen LogP contribution is -2.01. The van der Waals surface area contributed by atoms with Gasteiger partial charge in [0.05, 0.1) is 6.54 Å². The van der Waals surface area contributed by atoms with E-state index in [2.05, 4.69) is 0 Å². The molecule has 0 radical (unpaired) electrons. The molecule has 1 aromatic heterocycles. The van der Waals surface area contributed by atoms with Crippen molar-refractivity contribution in [3.05, 3.63) is 35.5 Å². The number of fused-ring (bicyclic) bond motifs is 1. The van der Waals surface area contributed by atoms with Crippen molar-refractivity contribution in [3.63, 3.8) is 0 Å². The molecule has 78 valence electrons. The van der Waals surface area contributed by atoms with Crippen LogP contribution in [0.25, 0.3) is 10.9 Å². The molecule has 2 aromatic rings. The van der Waals surface area contributed by atoms with E-state index in [-0.39, 0.29) is 0 Å². The van der Waals surface area contributed by atoms with Crippen LogP contribution in [0.15, 0.2) is 24.3 Å². The highest BCUT2D eigenvalue weighted by molar-refractivity contribution is 5.99. The maximum Gasteiger partial charge on any atom is 0.152 e. The Bertz CT molecular complexity index is 502. The second kappa shape index (κ2) is 3.85. The van der Waals surface area contributed by atoms with Crippen LogP contribution >= 0.6 is 0 Å². The lowest BCUT2D eigenvalue weighted by Gasteiger charge is -2.04. The predicted molar refractivity (Wildman–Crippen MR) is 58.0 cm³/mol. The number of benzene rings is 1. The summed E-state index contributed by atoms with van der Waals surface area (Å²) >= 11 is 0. The summed E-state index contributed by atoms with van der Waals surface area (Å²) in [5.74, 6) is 0. The Hall–Kier alpha value is -1.64. The number of alkyl halides is 1. The number of halogens is 1. The van der Waals surface area contributed by atoms with Gasteiger partial charge in [-0.1, -0.05) is 18.2 Å². The summed E-state index contributed by atoms with van der Waals surface area (Å²) < 4.78 is 14.2. The molecule has 2 nitrogen and oxygen atoms in total. The van der Waals surface area contributed by atoms with E-state index in [1.54, 1.807) is 0 Å². The van der Waals surface area contributed by atoms with Crippen molar-refractivity contribution in [2.75, 3.05) is 6.67 Å². The third-order valence-corrected chi connectivity index (χ3v) is 2.71. The minimum absolute atomic E-state index is 0.306. The quantitative estimate of drug-likeness (QED) is 0.706. The van der Waals surface area contributed by atoms with Crippen molar-refractivity contribution in [2.45, 2.75) is 13.5 Å². The number of carbonyl (C=O) groups excluding carboxylic acids is 1. The Labute approximate surface area is 87.3 Å². The molecule has 0 fully saturated rings. The number of hydrogen-bond acceptors (Lipinski definition) is 1. The number of para-hydroxylation sites is 1. The summed E-state index contributed by atoms with van der Waals surface area (Å²) in [7, 11) is 0. The minimum atomic E-state index is -0.419. The fourth-order valence-corrected chi connectivity index (χ4v) is 1.98. The van der Waals surface area contributed by atoms with E-state index < -0.39 is 6.67 Å². The maximum absolute atomic E-state index is 12.4. The van der Waals surface area contributed by atoms with Crippen molar-refractivity contribution < 1.29 is 9.18 Å². The highest BCUT2D eigenvalue weighted by atomic mass is 19.1. The monoisotopic (exact) mass is 205 g/mol. The van der Waals surface area contributed by atoms with Gasteiger partial charge in [-0.2, -0.15) is 0 Å². The maximum atomic E-state index is 12.4. The highest BCUT2D eigenvalue weighted by Gasteiger charge is 2.11. The Kier molecular flexibility index (Phi) is 2.54. The number of aryl methyl sites for hydroxylation is 1. The van der Waals surface area contributed by atoms with E-state index in [1.807, 2.05) is 35.8 Å². The molecule has 2 rings (SSSR count). The lowest BCUT2D eigenvalue weighted by atomic mass is 10.1. The first-order valence-electron chi connectivity index (χ1n) is 4.88. The van der Waals surface area contributed by atoms with E-state index in [4.69, 9.17) is 0 Å². The molecule has 0 aliphatic heterocycles. The third kappa shape index (κ3) is 1.44. The van der Waals surface area contributed by atoms with Gasteiger partial charge in [-0.15, -0.1) is 0 Å². The zero-order valence-electron chi connectivity index (χ0n) is 8.53. The summed E-state index contributed by atoms with van der Waals surface area (Å²) in [6.07, 6.45) is 0.840. The molecular formula is C12H12FNO. The van der Waals surface area contributed by atoms with Gasteiger partial charge in [-0.05, 0) is 13.0 Å². The minimum Gasteiger partial charge on any atom is -0.342 e. The lowest BCUT2D eigenvalue weighted by molar-refractivity contribution is 0.112. The molecule has 0 spiro atoms. The second-order valence-corrected chi connectivity index (χ2v) is 3.47. The number of aldehydes is 1. The van der Waals surface area contributed by atoms with Crippen LogP contribution in [-0.4, -0.2) is 17.5 Å². The van der Waals surface area contributed by atoms with E-state index >= 15 is 0 Å². The van der Waals surface area contributed by atoms with Gasteiger partial charge in [-0.25, -0.2) is 4.39 Å². The number of aromatic nitrogens is 1. The van der Waals surface area contributed by atoms with E-state index in [0.717, 1.165) is 22.9 Å². The summed E-state index contributed by atoms with van der Waals surface area (Å²) in [4.78, 5) is 11.0. The number of nitrogens with zero attached hydrogens (tertiary/aromatic N) is 1. The fourth-order valence-electron chi connectivity index (χ4n) is 1.98. The molecule has 1 heterocycles. The van der Waals surface area contributed by atoms with Crippen molar-refractivity contribution in [1.29, 1.82) is 0 Å². The summed E-state index contributed by atoms with van der Waals surface area (Å²) in [5.41, 5.74) is 2.43. The average molecular weight is 205 g/mol. The third-order valence-electron chi connectivity index (χ3n) is 2.71. The molecule has 0 amide bonds. The zero-order chi connectivity index (χ0) is 10.8. The summed E-state index contributed by atoms with van der Waals surface area (Å²) in [5, 5.41) is 0.901. The predicted octanol–water partition coefficient (Wildman–Crippen LogP) is 2.73. The van der Waals surface area contributed by atoms with Crippen molar-refractivity contribution in [3.8, 4) is 0 Å². The summed E-state index contributed by atoms with van der Waals surface area (Å²) in [6.45, 7) is 1.73. The molecule has 0 aliphatic carbocycles. The van der Waals surface area contributed by atoms with Crippen LogP contribution in [0.4, 0.5) is 4.39 Å². The SMILES string of the molecule is Cc1c(C=O)c2ccccc2n1CCF. The topological polar surface area (TPSA) is 22.0 Å². The van der Waals surface area contributed by atoms with E-state index in [9.17, 15) is 9.18 Å². The highest BCUT2D eigenvalue weighted by Crippen LogP contribution is 2.24. The van der Waals surface area contributed by atoms with Crippen LogP contribution in [0.2, 0.25) is 0 Å². The van der Waals surface area contributed by atoms with Gasteiger partial charge in [0, 0.05) is 22.2 Å². The molecule has 0 atom stereocenters. The Balaban J connectivity index is 2.78. The number of hydrogen-bond donors (Lipinski definition) is 0. The molecule has 0 N–H and O–H groups in total. The number of carbonyl (C=O) groups is 1. The van der Waals surface area contributed by atoms with Crippen molar-refractivity contribution in [1.82, 2.24) is 4.57 Å². The van der Waals surface area contributed by atoms with Gasteiger partial charge in [0.15, 0.2) is 6.29 Å². The van der Waals surface area contributed by atoms with Gasteiger partial charge < -0.3 is 4.57 Å². The fraction of sp³-hybridized carbons (Fsp3) is 0.250. The van der Waals surface area contributed by atoms with E-state index in [1.165, 1.54) is 0 Å². The van der Waals surface area contributed by atoms with Crippen LogP contribution in [0.1, 0.15) is 16.1 Å². The van der Waals surface area contributed by atoms with Crippen LogP contribution in [0.3, 0.4) is 0 Å². The van der Waals surface area contributed by atoms with Gasteiger partial charge >= 0.3 is 0 Å². The Morgan fingerprint density at radius 2 is 2.13 bits per heavy atom. The first-order valence-corrected chi connectivity index (χ1v) is 4.88. The van der Waals surface area contributed by atoms with Gasteiger partial charge in [0.2, 0.25) is 0 Å². The first kappa shape index (κ1) is 9.90. The molecule has 0 bridgehead atoms. The molecule has 0 aliphatic rings. The summed E-state index contributed by atoms with van der Waals surface area (Å²) in [6, 6.07) is 7.57. The van der Waals surface area contributed by atoms with Crippen LogP contribution in [-0.2, 0) is 6.54 Å². The largest absolute Gasteiger partial charge is 0.342 e. The van der Waals surface area contributed by atoms with Crippen LogP contribution in [0, 0.1) is 6.92 Å². The molecule has 3 heteroatoms. The van der Waals surface area contributed by atoms with Crippen LogP contribution in [0.5, 0.6) is 0 Å². The molecule has 0 saturated carbocycles. The normalized spacial score (nSPS) is 10.8. The Morgan fingerprint density at radius 1 is 1.40 bits per heavy atom. The smallest absolute Gasteiger partial charge is 0.152 e. The number of rotatable bonds is 3. The first-order chi connectivity index (χ1) is 7.29. The van der Waals surface area contributed by atoms with Gasteiger partial charge in [0.25, 0.3) is 0 Å². The van der Waals surface area contributed by atoms with Crippen molar-refractivity contribution in [2.24, 2.45) is 0 Å². The van der Waals surface area contributed by atoms with Crippen molar-refractivity contribution >= 4 is 17.2 Å². The van der Waals surface area contributed by atoms with Gasteiger partial charge in [0.1, 0.15) is 6.67 Å². The van der Waals surface area contributed by atoms with Crippen LogP contribution < -0.4 is 0 Å². The Morgan fingerprint density at radius 3 is 2.80 bits per heavy atom. The second-order valence-electron chi connectivity index (χ2n) is 3.47. The molecular weight excluding hydrogens is 193 g/mol.